The highest BCUT2D eigenvalue weighted by Gasteiger charge is 2.22. The number of benzene rings is 2. The van der Waals surface area contributed by atoms with E-state index in [0.29, 0.717) is 6.42 Å². The molecule has 4 rings (SSSR count). The number of carbonyl (C=O) groups is 2. The standard InChI is InChI=1S/C26H24N4O3S/c31-25(28-16-24-29-23(18-34-24)21-11-13-27-14-12-21)22(15-19-7-3-1-4-8-19)30-26(32)33-17-20-9-5-2-6-10-20/h1-14,18,22H,15-17H2,(H,28,31)(H,30,32)/t22-/m0/s1. The number of nitrogens with zero attached hydrogens (tertiary/aromatic N) is 2. The number of pyridine rings is 1. The zero-order valence-electron chi connectivity index (χ0n) is 18.4. The van der Waals surface area contributed by atoms with Crippen LogP contribution >= 0.6 is 11.3 Å². The van der Waals surface area contributed by atoms with E-state index in [4.69, 9.17) is 4.74 Å². The first-order valence-corrected chi connectivity index (χ1v) is 11.7. The molecule has 2 heterocycles. The number of aromatic nitrogens is 2. The summed E-state index contributed by atoms with van der Waals surface area (Å²) in [7, 11) is 0. The predicted molar refractivity (Wildman–Crippen MR) is 131 cm³/mol. The van der Waals surface area contributed by atoms with E-state index in [-0.39, 0.29) is 19.1 Å². The largest absolute Gasteiger partial charge is 0.445 e. The molecule has 0 radical (unpaired) electrons. The van der Waals surface area contributed by atoms with Crippen molar-refractivity contribution < 1.29 is 14.3 Å². The summed E-state index contributed by atoms with van der Waals surface area (Å²) in [6.45, 7) is 0.393. The number of thiazole rings is 1. The van der Waals surface area contributed by atoms with Crippen LogP contribution in [0.4, 0.5) is 4.79 Å². The van der Waals surface area contributed by atoms with E-state index in [2.05, 4.69) is 20.6 Å². The number of carbonyl (C=O) groups excluding carboxylic acids is 2. The van der Waals surface area contributed by atoms with Crippen molar-refractivity contribution in [2.45, 2.75) is 25.6 Å². The van der Waals surface area contributed by atoms with E-state index < -0.39 is 12.1 Å². The van der Waals surface area contributed by atoms with Crippen LogP contribution in [0.1, 0.15) is 16.1 Å². The third-order valence-electron chi connectivity index (χ3n) is 5.05. The Morgan fingerprint density at radius 2 is 1.59 bits per heavy atom. The van der Waals surface area contributed by atoms with Crippen LogP contribution in [0.2, 0.25) is 0 Å². The monoisotopic (exact) mass is 472 g/mol. The molecule has 1 atom stereocenters. The van der Waals surface area contributed by atoms with Crippen molar-refractivity contribution in [1.82, 2.24) is 20.6 Å². The number of rotatable bonds is 9. The second-order valence-electron chi connectivity index (χ2n) is 7.53. The number of alkyl carbamates (subject to hydrolysis) is 1. The van der Waals surface area contributed by atoms with E-state index in [0.717, 1.165) is 27.4 Å². The highest BCUT2D eigenvalue weighted by Crippen LogP contribution is 2.21. The minimum absolute atomic E-state index is 0.128. The summed E-state index contributed by atoms with van der Waals surface area (Å²) >= 11 is 1.46. The van der Waals surface area contributed by atoms with Gasteiger partial charge in [0.15, 0.2) is 0 Å². The van der Waals surface area contributed by atoms with Crippen molar-refractivity contribution in [3.05, 3.63) is 107 Å². The van der Waals surface area contributed by atoms with Crippen LogP contribution in [0.25, 0.3) is 11.3 Å². The summed E-state index contributed by atoms with van der Waals surface area (Å²) in [6, 6.07) is 21.9. The number of amides is 2. The second kappa shape index (κ2) is 11.7. The average Bonchev–Trinajstić information content (AvgIpc) is 3.37. The first kappa shape index (κ1) is 23.1. The van der Waals surface area contributed by atoms with Crippen LogP contribution in [0.3, 0.4) is 0 Å². The lowest BCUT2D eigenvalue weighted by Crippen LogP contribution is -2.48. The van der Waals surface area contributed by atoms with Gasteiger partial charge in [-0.1, -0.05) is 60.7 Å². The molecule has 7 nitrogen and oxygen atoms in total. The first-order valence-electron chi connectivity index (χ1n) is 10.8. The highest BCUT2D eigenvalue weighted by atomic mass is 32.1. The maximum Gasteiger partial charge on any atom is 0.408 e. The van der Waals surface area contributed by atoms with Gasteiger partial charge in [-0.2, -0.15) is 0 Å². The number of ether oxygens (including phenoxy) is 1. The van der Waals surface area contributed by atoms with E-state index in [1.807, 2.05) is 78.2 Å². The van der Waals surface area contributed by atoms with Crippen LogP contribution in [-0.4, -0.2) is 28.0 Å². The molecule has 4 aromatic rings. The molecule has 0 fully saturated rings. The highest BCUT2D eigenvalue weighted by molar-refractivity contribution is 7.09. The van der Waals surface area contributed by atoms with Crippen molar-refractivity contribution in [3.8, 4) is 11.3 Å². The maximum atomic E-state index is 13.0. The van der Waals surface area contributed by atoms with E-state index in [1.54, 1.807) is 12.4 Å². The van der Waals surface area contributed by atoms with Crippen molar-refractivity contribution in [1.29, 1.82) is 0 Å². The fourth-order valence-corrected chi connectivity index (χ4v) is 4.04. The lowest BCUT2D eigenvalue weighted by molar-refractivity contribution is -0.123. The van der Waals surface area contributed by atoms with Crippen LogP contribution in [0.15, 0.2) is 90.6 Å². The zero-order chi connectivity index (χ0) is 23.6. The molecule has 0 aliphatic heterocycles. The van der Waals surface area contributed by atoms with Gasteiger partial charge in [-0.05, 0) is 23.3 Å². The second-order valence-corrected chi connectivity index (χ2v) is 8.47. The van der Waals surface area contributed by atoms with Crippen molar-refractivity contribution in [3.63, 3.8) is 0 Å². The van der Waals surface area contributed by atoms with Gasteiger partial charge in [0.25, 0.3) is 0 Å². The first-order chi connectivity index (χ1) is 16.7. The number of hydrogen-bond donors (Lipinski definition) is 2. The molecule has 0 aliphatic rings. The van der Waals surface area contributed by atoms with E-state index in [1.165, 1.54) is 11.3 Å². The smallest absolute Gasteiger partial charge is 0.408 e. The van der Waals surface area contributed by atoms with Crippen molar-refractivity contribution in [2.24, 2.45) is 0 Å². The van der Waals surface area contributed by atoms with Gasteiger partial charge in [-0.15, -0.1) is 11.3 Å². The summed E-state index contributed by atoms with van der Waals surface area (Å²) < 4.78 is 5.32. The van der Waals surface area contributed by atoms with Gasteiger partial charge in [0.1, 0.15) is 17.7 Å². The Labute approximate surface area is 201 Å². The molecule has 0 unspecified atom stereocenters. The third-order valence-corrected chi connectivity index (χ3v) is 5.89. The minimum atomic E-state index is -0.787. The Balaban J connectivity index is 1.37. The molecule has 0 spiro atoms. The Hall–Kier alpha value is -4.04. The van der Waals surface area contributed by atoms with Crippen LogP contribution in [0, 0.1) is 0 Å². The Morgan fingerprint density at radius 1 is 0.912 bits per heavy atom. The summed E-state index contributed by atoms with van der Waals surface area (Å²) in [5, 5.41) is 8.31. The van der Waals surface area contributed by atoms with Gasteiger partial charge in [0, 0.05) is 29.8 Å². The molecule has 34 heavy (non-hydrogen) atoms. The molecule has 0 saturated heterocycles. The third kappa shape index (κ3) is 6.73. The van der Waals surface area contributed by atoms with Gasteiger partial charge >= 0.3 is 6.09 Å². The fraction of sp³-hybridized carbons (Fsp3) is 0.154. The van der Waals surface area contributed by atoms with Crippen molar-refractivity contribution in [2.75, 3.05) is 0 Å². The summed E-state index contributed by atoms with van der Waals surface area (Å²) in [6.07, 6.45) is 3.13. The normalized spacial score (nSPS) is 11.4. The molecule has 2 aromatic carbocycles. The van der Waals surface area contributed by atoms with Crippen molar-refractivity contribution >= 4 is 23.3 Å². The lowest BCUT2D eigenvalue weighted by Gasteiger charge is -2.18. The molecular weight excluding hydrogens is 448 g/mol. The van der Waals surface area contributed by atoms with Gasteiger partial charge < -0.3 is 15.4 Å². The molecule has 0 saturated carbocycles. The maximum absolute atomic E-state index is 13.0. The minimum Gasteiger partial charge on any atom is -0.445 e. The zero-order valence-corrected chi connectivity index (χ0v) is 19.2. The Bertz CT molecular complexity index is 1200. The predicted octanol–water partition coefficient (Wildman–Crippen LogP) is 4.36. The molecular formula is C26H24N4O3S. The molecule has 8 heteroatoms. The Morgan fingerprint density at radius 3 is 2.29 bits per heavy atom. The van der Waals surface area contributed by atoms with Crippen LogP contribution in [-0.2, 0) is 29.1 Å². The molecule has 2 N–H and O–H groups in total. The lowest BCUT2D eigenvalue weighted by atomic mass is 10.1. The number of hydrogen-bond acceptors (Lipinski definition) is 6. The molecule has 0 aliphatic carbocycles. The van der Waals surface area contributed by atoms with Crippen LogP contribution in [0.5, 0.6) is 0 Å². The van der Waals surface area contributed by atoms with E-state index in [9.17, 15) is 9.59 Å². The molecule has 2 aromatic heterocycles. The number of nitrogens with one attached hydrogen (secondary N) is 2. The summed E-state index contributed by atoms with van der Waals surface area (Å²) in [5.74, 6) is -0.304. The SMILES string of the molecule is O=C(N[C@@H](Cc1ccccc1)C(=O)NCc1nc(-c2ccncc2)cs1)OCc1ccccc1. The quantitative estimate of drug-likeness (QED) is 0.378. The van der Waals surface area contributed by atoms with Gasteiger partial charge in [0.2, 0.25) is 5.91 Å². The topological polar surface area (TPSA) is 93.2 Å². The van der Waals surface area contributed by atoms with Gasteiger partial charge in [-0.25, -0.2) is 9.78 Å². The summed E-state index contributed by atoms with van der Waals surface area (Å²) in [5.41, 5.74) is 3.60. The fourth-order valence-electron chi connectivity index (χ4n) is 3.30. The van der Waals surface area contributed by atoms with Gasteiger partial charge in [-0.3, -0.25) is 9.78 Å². The van der Waals surface area contributed by atoms with Crippen LogP contribution < -0.4 is 10.6 Å². The molecule has 0 bridgehead atoms. The molecule has 172 valence electrons. The average molecular weight is 473 g/mol. The summed E-state index contributed by atoms with van der Waals surface area (Å²) in [4.78, 5) is 34.0. The van der Waals surface area contributed by atoms with Gasteiger partial charge in [0.05, 0.1) is 12.2 Å². The molecule has 2 amide bonds. The van der Waals surface area contributed by atoms with E-state index >= 15 is 0 Å². The Kier molecular flexibility index (Phi) is 7.97.